The Hall–Kier alpha value is -3.14. The zero-order valence-corrected chi connectivity index (χ0v) is 22.0. The Morgan fingerprint density at radius 2 is 1.81 bits per heavy atom. The van der Waals surface area contributed by atoms with Crippen LogP contribution in [-0.4, -0.2) is 17.4 Å². The summed E-state index contributed by atoms with van der Waals surface area (Å²) >= 11 is 0. The number of aryl methyl sites for hydroxylation is 1. The molecule has 190 valence electrons. The van der Waals surface area contributed by atoms with E-state index in [1.54, 1.807) is 6.08 Å². The summed E-state index contributed by atoms with van der Waals surface area (Å²) in [5.74, 6) is 1.49. The first kappa shape index (κ1) is 25.9. The van der Waals surface area contributed by atoms with Crippen molar-refractivity contribution in [1.29, 1.82) is 0 Å². The van der Waals surface area contributed by atoms with Crippen molar-refractivity contribution < 1.29 is 19.1 Å². The zero-order valence-electron chi connectivity index (χ0n) is 22.0. The number of benzene rings is 2. The van der Waals surface area contributed by atoms with Gasteiger partial charge >= 0.3 is 5.97 Å². The number of fused-ring (bicyclic) bond motifs is 1. The monoisotopic (exact) mass is 486 g/mol. The predicted molar refractivity (Wildman–Crippen MR) is 144 cm³/mol. The summed E-state index contributed by atoms with van der Waals surface area (Å²) in [7, 11) is 0. The van der Waals surface area contributed by atoms with Crippen molar-refractivity contribution in [3.63, 3.8) is 0 Å². The molecule has 0 saturated carbocycles. The fourth-order valence-electron chi connectivity index (χ4n) is 5.07. The Labute approximate surface area is 215 Å². The molecule has 0 fully saturated rings. The number of carbonyl (C=O) groups is 2. The van der Waals surface area contributed by atoms with E-state index in [1.807, 2.05) is 58.0 Å². The first-order valence-corrected chi connectivity index (χ1v) is 13.2. The van der Waals surface area contributed by atoms with Crippen LogP contribution in [0.3, 0.4) is 0 Å². The van der Waals surface area contributed by atoms with Crippen LogP contribution in [0, 0.1) is 11.8 Å². The summed E-state index contributed by atoms with van der Waals surface area (Å²) in [5.41, 5.74) is 4.15. The smallest absolute Gasteiger partial charge is 0.309 e. The molecule has 4 heteroatoms. The molecule has 0 saturated heterocycles. The van der Waals surface area contributed by atoms with E-state index >= 15 is 0 Å². The number of ketones is 1. The van der Waals surface area contributed by atoms with Crippen molar-refractivity contribution in [3.8, 4) is 5.75 Å². The predicted octanol–water partition coefficient (Wildman–Crippen LogP) is 7.56. The largest absolute Gasteiger partial charge is 0.460 e. The lowest BCUT2D eigenvalue weighted by Crippen LogP contribution is -2.30. The molecular weight excluding hydrogens is 448 g/mol. The molecule has 2 unspecified atom stereocenters. The lowest BCUT2D eigenvalue weighted by atomic mass is 9.88. The van der Waals surface area contributed by atoms with E-state index in [-0.39, 0.29) is 23.6 Å². The first-order valence-electron chi connectivity index (χ1n) is 13.2. The molecule has 0 amide bonds. The summed E-state index contributed by atoms with van der Waals surface area (Å²) < 4.78 is 12.0. The van der Waals surface area contributed by atoms with E-state index in [0.717, 1.165) is 55.4 Å². The van der Waals surface area contributed by atoms with Crippen molar-refractivity contribution >= 4 is 23.1 Å². The minimum absolute atomic E-state index is 0.104. The van der Waals surface area contributed by atoms with Crippen LogP contribution in [0.2, 0.25) is 0 Å². The van der Waals surface area contributed by atoms with E-state index in [9.17, 15) is 9.59 Å². The molecule has 4 nitrogen and oxygen atoms in total. The van der Waals surface area contributed by atoms with Gasteiger partial charge in [0.1, 0.15) is 17.1 Å². The van der Waals surface area contributed by atoms with Gasteiger partial charge in [0.15, 0.2) is 5.78 Å². The molecule has 2 aromatic carbocycles. The summed E-state index contributed by atoms with van der Waals surface area (Å²) in [6.07, 6.45) is 10.1. The highest BCUT2D eigenvalue weighted by Crippen LogP contribution is 2.35. The normalized spacial score (nSPS) is 19.6. The van der Waals surface area contributed by atoms with E-state index in [2.05, 4.69) is 24.3 Å². The third-order valence-corrected chi connectivity index (χ3v) is 7.05. The van der Waals surface area contributed by atoms with Crippen LogP contribution in [0.15, 0.2) is 60.7 Å². The third-order valence-electron chi connectivity index (χ3n) is 7.05. The first-order chi connectivity index (χ1) is 17.2. The van der Waals surface area contributed by atoms with Gasteiger partial charge < -0.3 is 9.47 Å². The van der Waals surface area contributed by atoms with Crippen LogP contribution in [0.5, 0.6) is 5.75 Å². The van der Waals surface area contributed by atoms with Crippen molar-refractivity contribution in [2.24, 2.45) is 11.8 Å². The maximum absolute atomic E-state index is 12.6. The molecule has 0 bridgehead atoms. The average Bonchev–Trinajstić information content (AvgIpc) is 3.08. The van der Waals surface area contributed by atoms with Gasteiger partial charge in [-0.25, -0.2) is 0 Å². The van der Waals surface area contributed by atoms with Crippen LogP contribution >= 0.6 is 0 Å². The fourth-order valence-corrected chi connectivity index (χ4v) is 5.07. The van der Waals surface area contributed by atoms with Gasteiger partial charge in [0, 0.05) is 18.1 Å². The van der Waals surface area contributed by atoms with Crippen LogP contribution < -0.4 is 4.74 Å². The number of carbonyl (C=O) groups excluding carboxylic acids is 2. The average molecular weight is 487 g/mol. The molecule has 0 aliphatic heterocycles. The van der Waals surface area contributed by atoms with Crippen LogP contribution in [0.25, 0.3) is 11.3 Å². The molecule has 0 radical (unpaired) electrons. The van der Waals surface area contributed by atoms with Crippen molar-refractivity contribution in [3.05, 3.63) is 77.4 Å². The van der Waals surface area contributed by atoms with E-state index in [1.165, 1.54) is 11.1 Å². The van der Waals surface area contributed by atoms with Gasteiger partial charge in [0.05, 0.1) is 5.92 Å². The van der Waals surface area contributed by atoms with E-state index < -0.39 is 5.60 Å². The van der Waals surface area contributed by atoms with Gasteiger partial charge in [-0.05, 0) is 94.0 Å². The fraction of sp³-hybridized carbons (Fsp3) is 0.438. The number of rotatable bonds is 5. The topological polar surface area (TPSA) is 52.6 Å². The van der Waals surface area contributed by atoms with Crippen LogP contribution in [-0.2, 0) is 20.7 Å². The minimum Gasteiger partial charge on any atom is -0.460 e. The molecule has 36 heavy (non-hydrogen) atoms. The van der Waals surface area contributed by atoms with Gasteiger partial charge in [-0.15, -0.1) is 0 Å². The maximum atomic E-state index is 12.6. The molecule has 0 N–H and O–H groups in total. The van der Waals surface area contributed by atoms with Gasteiger partial charge in [-0.3, -0.25) is 9.59 Å². The van der Waals surface area contributed by atoms with Crippen molar-refractivity contribution in [2.45, 2.75) is 78.2 Å². The van der Waals surface area contributed by atoms with Gasteiger partial charge in [0.25, 0.3) is 0 Å². The molecule has 2 atom stereocenters. The molecular formula is C32H38O4. The van der Waals surface area contributed by atoms with Gasteiger partial charge in [-0.1, -0.05) is 49.4 Å². The number of allylic oxidation sites excluding steroid dienone is 3. The Morgan fingerprint density at radius 3 is 2.61 bits per heavy atom. The lowest BCUT2D eigenvalue weighted by molar-refractivity contribution is -0.161. The Morgan fingerprint density at radius 1 is 1.00 bits per heavy atom. The second-order valence-corrected chi connectivity index (χ2v) is 11.1. The SMILES string of the molecule is CC(C(=O)OC(C)(C)C)C1CC=C(c2cccc(OC3=CC(=O)CCCc4ccccc43)c2)CCC1. The highest BCUT2D eigenvalue weighted by Gasteiger charge is 2.29. The van der Waals surface area contributed by atoms with Crippen LogP contribution in [0.1, 0.15) is 82.9 Å². The Kier molecular flexibility index (Phi) is 8.13. The molecule has 2 aromatic rings. The lowest BCUT2D eigenvalue weighted by Gasteiger charge is -2.26. The van der Waals surface area contributed by atoms with Crippen LogP contribution in [0.4, 0.5) is 0 Å². The quantitative estimate of drug-likeness (QED) is 0.409. The molecule has 0 heterocycles. The van der Waals surface area contributed by atoms with E-state index in [0.29, 0.717) is 12.2 Å². The minimum atomic E-state index is -0.464. The third kappa shape index (κ3) is 6.75. The maximum Gasteiger partial charge on any atom is 0.309 e. The van der Waals surface area contributed by atoms with Gasteiger partial charge in [0.2, 0.25) is 0 Å². The molecule has 2 aliphatic rings. The molecule has 0 aromatic heterocycles. The number of hydrogen-bond donors (Lipinski definition) is 0. The zero-order chi connectivity index (χ0) is 25.7. The summed E-state index contributed by atoms with van der Waals surface area (Å²) in [4.78, 5) is 25.0. The standard InChI is InChI=1S/C32H38O4/c1-22(31(34)36-32(2,3)4)23-11-7-12-24(19-18-23)26-14-9-16-28(20-26)35-30-21-27(33)15-8-13-25-10-5-6-17-29(25)30/h5-6,9-10,14,16-17,19-23H,7-8,11-13,15,18H2,1-4H3. The Bertz CT molecular complexity index is 1160. The summed E-state index contributed by atoms with van der Waals surface area (Å²) in [6, 6.07) is 16.3. The second-order valence-electron chi connectivity index (χ2n) is 11.1. The van der Waals surface area contributed by atoms with Gasteiger partial charge in [-0.2, -0.15) is 0 Å². The molecule has 0 spiro atoms. The molecule has 4 rings (SSSR count). The van der Waals surface area contributed by atoms with Crippen molar-refractivity contribution in [2.75, 3.05) is 0 Å². The highest BCUT2D eigenvalue weighted by molar-refractivity contribution is 5.96. The summed E-state index contributed by atoms with van der Waals surface area (Å²) in [5, 5.41) is 0. The van der Waals surface area contributed by atoms with E-state index in [4.69, 9.17) is 9.47 Å². The van der Waals surface area contributed by atoms with Crippen molar-refractivity contribution in [1.82, 2.24) is 0 Å². The number of ether oxygens (including phenoxy) is 2. The summed E-state index contributed by atoms with van der Waals surface area (Å²) in [6.45, 7) is 7.74. The Balaban J connectivity index is 1.51. The highest BCUT2D eigenvalue weighted by atomic mass is 16.6. The molecule has 2 aliphatic carbocycles. The second kappa shape index (κ2) is 11.3. The number of esters is 1. The number of hydrogen-bond acceptors (Lipinski definition) is 4.